The van der Waals surface area contributed by atoms with E-state index in [1.54, 1.807) is 12.4 Å². The number of carbonyl (C=O) groups is 2. The Morgan fingerprint density at radius 2 is 1.70 bits per heavy atom. The van der Waals surface area contributed by atoms with Gasteiger partial charge in [-0.15, -0.1) is 0 Å². The van der Waals surface area contributed by atoms with Gasteiger partial charge in [0.25, 0.3) is 0 Å². The Hall–Kier alpha value is -2.05. The highest BCUT2D eigenvalue weighted by atomic mass is 19.3. The zero-order chi connectivity index (χ0) is 16.4. The van der Waals surface area contributed by atoms with Gasteiger partial charge in [0, 0.05) is 25.2 Å². The molecule has 2 aliphatic rings. The molecule has 1 saturated carbocycles. The van der Waals surface area contributed by atoms with Crippen molar-refractivity contribution >= 4 is 11.8 Å². The second-order valence-electron chi connectivity index (χ2n) is 6.38. The van der Waals surface area contributed by atoms with E-state index in [2.05, 4.69) is 15.6 Å². The molecule has 1 saturated heterocycles. The molecular weight excluding hydrogens is 304 g/mol. The minimum absolute atomic E-state index is 0.196. The molecule has 0 radical (unpaired) electrons. The van der Waals surface area contributed by atoms with Gasteiger partial charge in [0.05, 0.1) is 0 Å². The van der Waals surface area contributed by atoms with Gasteiger partial charge in [0.1, 0.15) is 12.1 Å². The van der Waals surface area contributed by atoms with Crippen molar-refractivity contribution in [2.24, 2.45) is 5.92 Å². The summed E-state index contributed by atoms with van der Waals surface area (Å²) < 4.78 is 25.7. The number of amides is 2. The van der Waals surface area contributed by atoms with Crippen LogP contribution >= 0.6 is 0 Å². The molecule has 124 valence electrons. The van der Waals surface area contributed by atoms with Crippen molar-refractivity contribution in [3.63, 3.8) is 0 Å². The molecule has 2 fully saturated rings. The summed E-state index contributed by atoms with van der Waals surface area (Å²) in [4.78, 5) is 28.1. The number of hydrogen-bond acceptors (Lipinski definition) is 3. The molecule has 2 atom stereocenters. The molecule has 1 aromatic heterocycles. The molecule has 1 aliphatic heterocycles. The summed E-state index contributed by atoms with van der Waals surface area (Å²) >= 11 is 0. The molecule has 5 nitrogen and oxygen atoms in total. The predicted octanol–water partition coefficient (Wildman–Crippen LogP) is 1.43. The third-order valence-electron chi connectivity index (χ3n) is 4.48. The summed E-state index contributed by atoms with van der Waals surface area (Å²) in [6.45, 7) is 0. The summed E-state index contributed by atoms with van der Waals surface area (Å²) in [5.74, 6) is -3.32. The number of nitrogens with zero attached hydrogens (tertiary/aromatic N) is 1. The SMILES string of the molecule is O=C1NC(CC2CC(F)(F)C2)C(=O)NC1CCc1ccncc1. The monoisotopic (exact) mass is 323 g/mol. The van der Waals surface area contributed by atoms with Crippen molar-refractivity contribution in [2.45, 2.75) is 50.1 Å². The first-order chi connectivity index (χ1) is 10.9. The summed E-state index contributed by atoms with van der Waals surface area (Å²) in [6.07, 6.45) is 4.40. The van der Waals surface area contributed by atoms with E-state index in [0.29, 0.717) is 12.8 Å². The fourth-order valence-electron chi connectivity index (χ4n) is 3.19. The van der Waals surface area contributed by atoms with Crippen LogP contribution in [0.25, 0.3) is 0 Å². The predicted molar refractivity (Wildman–Crippen MR) is 78.7 cm³/mol. The minimum atomic E-state index is -2.60. The largest absolute Gasteiger partial charge is 0.343 e. The topological polar surface area (TPSA) is 71.1 Å². The minimum Gasteiger partial charge on any atom is -0.343 e. The maximum Gasteiger partial charge on any atom is 0.248 e. The molecule has 2 amide bonds. The van der Waals surface area contributed by atoms with Gasteiger partial charge in [-0.05, 0) is 42.9 Å². The number of aromatic nitrogens is 1. The number of aryl methyl sites for hydroxylation is 1. The van der Waals surface area contributed by atoms with Gasteiger partial charge in [-0.2, -0.15) is 0 Å². The number of rotatable bonds is 5. The molecular formula is C16H19F2N3O2. The fraction of sp³-hybridized carbons (Fsp3) is 0.562. The molecule has 0 bridgehead atoms. The van der Waals surface area contributed by atoms with E-state index in [0.717, 1.165) is 5.56 Å². The van der Waals surface area contributed by atoms with Gasteiger partial charge in [0.2, 0.25) is 17.7 Å². The van der Waals surface area contributed by atoms with Gasteiger partial charge >= 0.3 is 0 Å². The Kier molecular flexibility index (Phi) is 4.28. The standard InChI is InChI=1S/C16H19F2N3O2/c17-16(18)8-11(9-16)7-13-15(23)20-12(14(22)21-13)2-1-10-3-5-19-6-4-10/h3-6,11-13H,1-2,7-9H2,(H,20,23)(H,21,22). The molecule has 0 spiro atoms. The zero-order valence-corrected chi connectivity index (χ0v) is 12.6. The Labute approximate surface area is 132 Å². The van der Waals surface area contributed by atoms with Gasteiger partial charge in [0.15, 0.2) is 0 Å². The summed E-state index contributed by atoms with van der Waals surface area (Å²) in [5.41, 5.74) is 1.04. The van der Waals surface area contributed by atoms with Gasteiger partial charge < -0.3 is 10.6 Å². The van der Waals surface area contributed by atoms with Crippen LogP contribution in [0.4, 0.5) is 8.78 Å². The number of nitrogens with one attached hydrogen (secondary N) is 2. The molecule has 0 aromatic carbocycles. The Morgan fingerprint density at radius 1 is 1.09 bits per heavy atom. The van der Waals surface area contributed by atoms with Gasteiger partial charge in [-0.1, -0.05) is 0 Å². The molecule has 2 N–H and O–H groups in total. The maximum absolute atomic E-state index is 12.8. The highest BCUT2D eigenvalue weighted by Gasteiger charge is 2.47. The van der Waals surface area contributed by atoms with Crippen LogP contribution < -0.4 is 10.6 Å². The van der Waals surface area contributed by atoms with Crippen LogP contribution in [0.1, 0.15) is 31.2 Å². The summed E-state index contributed by atoms with van der Waals surface area (Å²) in [7, 11) is 0. The Morgan fingerprint density at radius 3 is 2.35 bits per heavy atom. The van der Waals surface area contributed by atoms with Gasteiger partial charge in [-0.3, -0.25) is 14.6 Å². The Balaban J connectivity index is 1.49. The van der Waals surface area contributed by atoms with Crippen molar-refractivity contribution in [1.29, 1.82) is 0 Å². The van der Waals surface area contributed by atoms with E-state index in [4.69, 9.17) is 0 Å². The highest BCUT2D eigenvalue weighted by molar-refractivity contribution is 5.96. The first-order valence-corrected chi connectivity index (χ1v) is 7.80. The van der Waals surface area contributed by atoms with E-state index in [1.807, 2.05) is 12.1 Å². The van der Waals surface area contributed by atoms with Crippen LogP contribution in [-0.4, -0.2) is 34.8 Å². The number of piperazine rings is 1. The number of alkyl halides is 2. The Bertz CT molecular complexity index is 586. The van der Waals surface area contributed by atoms with Crippen molar-refractivity contribution in [3.8, 4) is 0 Å². The molecule has 2 heterocycles. The lowest BCUT2D eigenvalue weighted by atomic mass is 9.77. The van der Waals surface area contributed by atoms with Crippen LogP contribution in [0.2, 0.25) is 0 Å². The van der Waals surface area contributed by atoms with Crippen LogP contribution in [0.15, 0.2) is 24.5 Å². The normalized spacial score (nSPS) is 27.0. The molecule has 23 heavy (non-hydrogen) atoms. The van der Waals surface area contributed by atoms with E-state index in [-0.39, 0.29) is 37.0 Å². The maximum atomic E-state index is 12.8. The fourth-order valence-corrected chi connectivity index (χ4v) is 3.19. The number of carbonyl (C=O) groups excluding carboxylic acids is 2. The molecule has 1 aromatic rings. The van der Waals surface area contributed by atoms with E-state index >= 15 is 0 Å². The average Bonchev–Trinajstić information content (AvgIpc) is 2.48. The third-order valence-corrected chi connectivity index (χ3v) is 4.48. The van der Waals surface area contributed by atoms with E-state index in [9.17, 15) is 18.4 Å². The lowest BCUT2D eigenvalue weighted by molar-refractivity contribution is -0.141. The van der Waals surface area contributed by atoms with Crippen LogP contribution in [0.3, 0.4) is 0 Å². The number of halogens is 2. The highest BCUT2D eigenvalue weighted by Crippen LogP contribution is 2.44. The first-order valence-electron chi connectivity index (χ1n) is 7.80. The van der Waals surface area contributed by atoms with Crippen molar-refractivity contribution in [1.82, 2.24) is 15.6 Å². The number of hydrogen-bond donors (Lipinski definition) is 2. The van der Waals surface area contributed by atoms with E-state index in [1.165, 1.54) is 0 Å². The lowest BCUT2D eigenvalue weighted by Gasteiger charge is -2.38. The van der Waals surface area contributed by atoms with Gasteiger partial charge in [-0.25, -0.2) is 8.78 Å². The number of pyridine rings is 1. The average molecular weight is 323 g/mol. The molecule has 2 unspecified atom stereocenters. The summed E-state index contributed by atoms with van der Waals surface area (Å²) in [5, 5.41) is 5.38. The third kappa shape index (κ3) is 3.83. The van der Waals surface area contributed by atoms with Crippen molar-refractivity contribution in [3.05, 3.63) is 30.1 Å². The summed E-state index contributed by atoms with van der Waals surface area (Å²) in [6, 6.07) is 2.46. The second-order valence-corrected chi connectivity index (χ2v) is 6.38. The van der Waals surface area contributed by atoms with Crippen LogP contribution in [0.5, 0.6) is 0 Å². The second kappa shape index (κ2) is 6.22. The quantitative estimate of drug-likeness (QED) is 0.861. The van der Waals surface area contributed by atoms with Crippen molar-refractivity contribution in [2.75, 3.05) is 0 Å². The van der Waals surface area contributed by atoms with Crippen LogP contribution in [0, 0.1) is 5.92 Å². The molecule has 3 rings (SSSR count). The zero-order valence-electron chi connectivity index (χ0n) is 12.6. The van der Waals surface area contributed by atoms with Crippen molar-refractivity contribution < 1.29 is 18.4 Å². The lowest BCUT2D eigenvalue weighted by Crippen LogP contribution is -2.62. The first kappa shape index (κ1) is 15.8. The smallest absolute Gasteiger partial charge is 0.248 e. The molecule has 7 heteroatoms. The van der Waals surface area contributed by atoms with Crippen LogP contribution in [-0.2, 0) is 16.0 Å². The molecule has 1 aliphatic carbocycles. The van der Waals surface area contributed by atoms with E-state index < -0.39 is 18.0 Å².